The lowest BCUT2D eigenvalue weighted by Gasteiger charge is -2.12. The highest BCUT2D eigenvalue weighted by Crippen LogP contribution is 2.26. The van der Waals surface area contributed by atoms with Crippen LogP contribution in [0.2, 0.25) is 5.02 Å². The maximum Gasteiger partial charge on any atom is 0.490 e. The van der Waals surface area contributed by atoms with Gasteiger partial charge in [0, 0.05) is 24.1 Å². The van der Waals surface area contributed by atoms with Crippen LogP contribution < -0.4 is 15.5 Å². The molecular formula is C9H11BClNO4. The molecule has 0 saturated carbocycles. The number of amides is 1. The summed E-state index contributed by atoms with van der Waals surface area (Å²) in [6, 6.07) is 2.76. The van der Waals surface area contributed by atoms with Gasteiger partial charge in [-0.05, 0) is 6.07 Å². The van der Waals surface area contributed by atoms with E-state index in [-0.39, 0.29) is 22.1 Å². The molecule has 7 heteroatoms. The van der Waals surface area contributed by atoms with Gasteiger partial charge in [0.25, 0.3) is 0 Å². The number of halogens is 1. The summed E-state index contributed by atoms with van der Waals surface area (Å²) in [6.07, 6.45) is 0. The molecule has 1 aromatic rings. The summed E-state index contributed by atoms with van der Waals surface area (Å²) < 4.78 is 4.96. The largest absolute Gasteiger partial charge is 0.495 e. The lowest BCUT2D eigenvalue weighted by molar-refractivity contribution is -0.114. The molecule has 0 aliphatic rings. The summed E-state index contributed by atoms with van der Waals surface area (Å²) in [7, 11) is -0.293. The van der Waals surface area contributed by atoms with Gasteiger partial charge in [-0.15, -0.1) is 0 Å². The number of carbonyl (C=O) groups excluding carboxylic acids is 1. The minimum Gasteiger partial charge on any atom is -0.495 e. The van der Waals surface area contributed by atoms with Crippen molar-refractivity contribution in [2.45, 2.75) is 6.92 Å². The third kappa shape index (κ3) is 2.88. The zero-order valence-corrected chi connectivity index (χ0v) is 9.58. The van der Waals surface area contributed by atoms with Gasteiger partial charge in [0.2, 0.25) is 5.91 Å². The average molecular weight is 243 g/mol. The van der Waals surface area contributed by atoms with Crippen LogP contribution in [-0.2, 0) is 4.79 Å². The first-order valence-electron chi connectivity index (χ1n) is 4.47. The molecular weight excluding hydrogens is 232 g/mol. The normalized spacial score (nSPS) is 9.81. The summed E-state index contributed by atoms with van der Waals surface area (Å²) >= 11 is 5.82. The Labute approximate surface area is 98.1 Å². The first kappa shape index (κ1) is 12.8. The highest BCUT2D eigenvalue weighted by molar-refractivity contribution is 6.61. The van der Waals surface area contributed by atoms with Crippen molar-refractivity contribution in [2.24, 2.45) is 0 Å². The molecule has 0 heterocycles. The summed E-state index contributed by atoms with van der Waals surface area (Å²) in [5.74, 6) is 0.0149. The second kappa shape index (κ2) is 5.20. The average Bonchev–Trinajstić information content (AvgIpc) is 2.19. The number of rotatable bonds is 3. The summed E-state index contributed by atoms with van der Waals surface area (Å²) in [4.78, 5) is 10.9. The maximum absolute atomic E-state index is 10.9. The van der Waals surface area contributed by atoms with Crippen LogP contribution in [0, 0.1) is 0 Å². The molecule has 0 unspecified atom stereocenters. The van der Waals surface area contributed by atoms with Gasteiger partial charge in [-0.2, -0.15) is 0 Å². The second-order valence-corrected chi connectivity index (χ2v) is 3.54. The van der Waals surface area contributed by atoms with Gasteiger partial charge in [0.05, 0.1) is 12.1 Å². The molecule has 86 valence electrons. The molecule has 0 bridgehead atoms. The van der Waals surface area contributed by atoms with Crippen LogP contribution in [0.25, 0.3) is 0 Å². The second-order valence-electron chi connectivity index (χ2n) is 3.13. The van der Waals surface area contributed by atoms with Crippen LogP contribution in [0.3, 0.4) is 0 Å². The van der Waals surface area contributed by atoms with E-state index in [1.165, 1.54) is 26.2 Å². The van der Waals surface area contributed by atoms with Crippen LogP contribution >= 0.6 is 11.6 Å². The van der Waals surface area contributed by atoms with E-state index in [2.05, 4.69) is 5.32 Å². The predicted molar refractivity (Wildman–Crippen MR) is 62.1 cm³/mol. The Morgan fingerprint density at radius 1 is 1.50 bits per heavy atom. The monoisotopic (exact) mass is 243 g/mol. The third-order valence-electron chi connectivity index (χ3n) is 1.91. The van der Waals surface area contributed by atoms with E-state index in [0.717, 1.165) is 0 Å². The van der Waals surface area contributed by atoms with Gasteiger partial charge < -0.3 is 20.1 Å². The molecule has 3 N–H and O–H groups in total. The van der Waals surface area contributed by atoms with E-state index in [9.17, 15) is 4.79 Å². The number of nitrogens with one attached hydrogen (secondary N) is 1. The van der Waals surface area contributed by atoms with E-state index in [0.29, 0.717) is 5.75 Å². The van der Waals surface area contributed by atoms with E-state index in [1.807, 2.05) is 0 Å². The van der Waals surface area contributed by atoms with Gasteiger partial charge in [0.15, 0.2) is 0 Å². The first-order chi connectivity index (χ1) is 7.45. The van der Waals surface area contributed by atoms with Crippen LogP contribution in [0.15, 0.2) is 12.1 Å². The minimum atomic E-state index is -1.72. The Morgan fingerprint density at radius 3 is 2.56 bits per heavy atom. The Morgan fingerprint density at radius 2 is 2.12 bits per heavy atom. The van der Waals surface area contributed by atoms with Crippen molar-refractivity contribution < 1.29 is 19.6 Å². The van der Waals surface area contributed by atoms with Gasteiger partial charge in [-0.25, -0.2) is 0 Å². The maximum atomic E-state index is 10.9. The van der Waals surface area contributed by atoms with Crippen LogP contribution in [0.5, 0.6) is 5.75 Å². The Kier molecular flexibility index (Phi) is 4.17. The molecule has 0 spiro atoms. The van der Waals surface area contributed by atoms with Crippen molar-refractivity contribution in [1.29, 1.82) is 0 Å². The number of ether oxygens (including phenoxy) is 1. The van der Waals surface area contributed by atoms with E-state index < -0.39 is 7.12 Å². The number of hydrogen-bond donors (Lipinski definition) is 3. The van der Waals surface area contributed by atoms with Gasteiger partial charge >= 0.3 is 7.12 Å². The highest BCUT2D eigenvalue weighted by Gasteiger charge is 2.19. The molecule has 16 heavy (non-hydrogen) atoms. The number of anilines is 1. The summed E-state index contributed by atoms with van der Waals surface area (Å²) in [6.45, 7) is 1.31. The zero-order chi connectivity index (χ0) is 12.3. The van der Waals surface area contributed by atoms with Crippen molar-refractivity contribution in [3.05, 3.63) is 17.2 Å². The molecule has 0 atom stereocenters. The van der Waals surface area contributed by atoms with E-state index in [4.69, 9.17) is 26.4 Å². The summed E-state index contributed by atoms with van der Waals surface area (Å²) in [5.41, 5.74) is 0.366. The predicted octanol–water partition coefficient (Wildman–Crippen LogP) is -0.0132. The molecule has 1 aromatic carbocycles. The number of methoxy groups -OCH3 is 1. The molecule has 1 amide bonds. The Hall–Kier alpha value is -1.24. The zero-order valence-electron chi connectivity index (χ0n) is 8.82. The van der Waals surface area contributed by atoms with Crippen molar-refractivity contribution in [3.8, 4) is 5.75 Å². The first-order valence-corrected chi connectivity index (χ1v) is 4.84. The van der Waals surface area contributed by atoms with Crippen LogP contribution in [-0.4, -0.2) is 30.2 Å². The van der Waals surface area contributed by atoms with E-state index >= 15 is 0 Å². The number of benzene rings is 1. The SMILES string of the molecule is COc1cc(NC(C)=O)c(B(O)O)cc1Cl. The quantitative estimate of drug-likeness (QED) is 0.652. The lowest BCUT2D eigenvalue weighted by atomic mass is 9.79. The fraction of sp³-hybridized carbons (Fsp3) is 0.222. The number of carbonyl (C=O) groups is 1. The fourth-order valence-corrected chi connectivity index (χ4v) is 1.49. The van der Waals surface area contributed by atoms with Gasteiger partial charge in [-0.3, -0.25) is 4.79 Å². The van der Waals surface area contributed by atoms with Crippen molar-refractivity contribution in [2.75, 3.05) is 12.4 Å². The Bertz CT molecular complexity index is 411. The molecule has 0 aliphatic heterocycles. The van der Waals surface area contributed by atoms with Crippen LogP contribution in [0.1, 0.15) is 6.92 Å². The van der Waals surface area contributed by atoms with Gasteiger partial charge in [-0.1, -0.05) is 11.6 Å². The number of hydrogen-bond acceptors (Lipinski definition) is 4. The standard InChI is InChI=1S/C9H11BClNO4/c1-5(13)12-8-4-9(16-2)7(11)3-6(8)10(14)15/h3-4,14-15H,1-2H3,(H,12,13). The Balaban J connectivity index is 3.24. The molecule has 5 nitrogen and oxygen atoms in total. The van der Waals surface area contributed by atoms with Gasteiger partial charge in [0.1, 0.15) is 5.75 Å². The van der Waals surface area contributed by atoms with Crippen LogP contribution in [0.4, 0.5) is 5.69 Å². The van der Waals surface area contributed by atoms with Crippen molar-refractivity contribution in [1.82, 2.24) is 0 Å². The van der Waals surface area contributed by atoms with E-state index in [1.54, 1.807) is 0 Å². The lowest BCUT2D eigenvalue weighted by Crippen LogP contribution is -2.33. The molecule has 0 saturated heterocycles. The summed E-state index contributed by atoms with van der Waals surface area (Å²) in [5, 5.41) is 20.9. The smallest absolute Gasteiger partial charge is 0.490 e. The molecule has 0 radical (unpaired) electrons. The molecule has 0 aromatic heterocycles. The molecule has 0 aliphatic carbocycles. The third-order valence-corrected chi connectivity index (χ3v) is 2.21. The highest BCUT2D eigenvalue weighted by atomic mass is 35.5. The molecule has 1 rings (SSSR count). The van der Waals surface area contributed by atoms with Crippen molar-refractivity contribution in [3.63, 3.8) is 0 Å². The molecule has 0 fully saturated rings. The topological polar surface area (TPSA) is 78.8 Å². The fourth-order valence-electron chi connectivity index (χ4n) is 1.24. The minimum absolute atomic E-state index is 0.112. The van der Waals surface area contributed by atoms with Crippen molar-refractivity contribution >= 4 is 35.8 Å².